The fourth-order valence-electron chi connectivity index (χ4n) is 5.48. The van der Waals surface area contributed by atoms with Gasteiger partial charge in [0, 0.05) is 29.0 Å². The fourth-order valence-corrected chi connectivity index (χ4v) is 5.67. The summed E-state index contributed by atoms with van der Waals surface area (Å²) in [5.74, 6) is -0.730. The van der Waals surface area contributed by atoms with Crippen LogP contribution in [0, 0.1) is 6.92 Å². The van der Waals surface area contributed by atoms with Crippen LogP contribution in [0.3, 0.4) is 0 Å². The number of alkyl carbamates (subject to hydrolysis) is 1. The summed E-state index contributed by atoms with van der Waals surface area (Å²) in [7, 11) is 0. The lowest BCUT2D eigenvalue weighted by Crippen LogP contribution is -2.49. The first-order valence-corrected chi connectivity index (χ1v) is 18.0. The Kier molecular flexibility index (Phi) is 14.7. The highest BCUT2D eigenvalue weighted by atomic mass is 35.5. The van der Waals surface area contributed by atoms with Gasteiger partial charge >= 0.3 is 18.1 Å². The number of carboxylic acid groups (broad SMARTS) is 1. The molecular weight excluding hydrogens is 748 g/mol. The second-order valence-corrected chi connectivity index (χ2v) is 13.0. The number of nitrogens with zero attached hydrogens (tertiary/aromatic N) is 1. The van der Waals surface area contributed by atoms with E-state index >= 15 is 0 Å². The van der Waals surface area contributed by atoms with Crippen LogP contribution >= 0.6 is 11.6 Å². The first-order valence-electron chi connectivity index (χ1n) is 17.6. The average molecular weight is 789 g/mol. The molecule has 1 aliphatic heterocycles. The van der Waals surface area contributed by atoms with Crippen molar-refractivity contribution in [1.29, 1.82) is 0 Å². The summed E-state index contributed by atoms with van der Waals surface area (Å²) in [5, 5.41) is 23.6. The van der Waals surface area contributed by atoms with Crippen LogP contribution in [0.15, 0.2) is 85.1 Å². The molecule has 2 unspecified atom stereocenters. The Morgan fingerprint density at radius 3 is 2.46 bits per heavy atom. The number of hydrogen-bond acceptors (Lipinski definition) is 10. The van der Waals surface area contributed by atoms with Gasteiger partial charge in [0.05, 0.1) is 12.5 Å². The third-order valence-corrected chi connectivity index (χ3v) is 8.74. The molecule has 2 atom stereocenters. The Morgan fingerprint density at radius 1 is 0.911 bits per heavy atom. The number of hydrogen-bond donors (Lipinski definition) is 6. The standard InChI is InChI=1S/C39H41ClN6O10/c1-24-7-6-18-41-36(24)46-38(51)43-27-12-14-28(15-13-27)53-22-34(47)44-30(10-4-5-17-42-39(52)54-21-26-8-2-3-9-29(26)40)37(50)45-31(20-35(48)49)25-11-16-32-33(19-25)56-23-55-32/h2-3,6-9,11-16,18-19,30-31H,4-5,10,17,20-23H2,1H3,(H,42,52)(H,44,47)(H,45,50)(H,48,49)(H2,41,43,46,51). The fraction of sp³-hybridized carbons (Fsp3) is 0.282. The van der Waals surface area contributed by atoms with Crippen LogP contribution in [0.25, 0.3) is 0 Å². The number of aryl methyl sites for hydroxylation is 1. The number of anilines is 2. The van der Waals surface area contributed by atoms with Crippen LogP contribution in [-0.4, -0.2) is 66.0 Å². The van der Waals surface area contributed by atoms with Gasteiger partial charge in [0.15, 0.2) is 18.1 Å². The maximum atomic E-state index is 13.7. The number of rotatable bonds is 18. The summed E-state index contributed by atoms with van der Waals surface area (Å²) in [4.78, 5) is 67.3. The minimum absolute atomic E-state index is 0.00661. The number of carbonyl (C=O) groups excluding carboxylic acids is 4. The number of aliphatic carboxylic acids is 1. The number of ether oxygens (including phenoxy) is 4. The Balaban J connectivity index is 1.15. The van der Waals surface area contributed by atoms with Crippen molar-refractivity contribution < 1.29 is 48.0 Å². The number of carboxylic acids is 1. The molecule has 0 aliphatic carbocycles. The molecule has 16 nitrogen and oxygen atoms in total. The molecule has 6 N–H and O–H groups in total. The predicted octanol–water partition coefficient (Wildman–Crippen LogP) is 5.71. The average Bonchev–Trinajstić information content (AvgIpc) is 3.65. The van der Waals surface area contributed by atoms with E-state index in [0.717, 1.165) is 5.56 Å². The zero-order valence-electron chi connectivity index (χ0n) is 30.3. The lowest BCUT2D eigenvalue weighted by molar-refractivity contribution is -0.138. The summed E-state index contributed by atoms with van der Waals surface area (Å²) < 4.78 is 21.6. The number of halogens is 1. The molecule has 0 bridgehead atoms. The molecule has 0 spiro atoms. The quantitative estimate of drug-likeness (QED) is 0.0672. The maximum absolute atomic E-state index is 13.7. The summed E-state index contributed by atoms with van der Waals surface area (Å²) in [6.45, 7) is 1.61. The maximum Gasteiger partial charge on any atom is 0.407 e. The van der Waals surface area contributed by atoms with Crippen LogP contribution in [0.1, 0.15) is 48.4 Å². The minimum atomic E-state index is -1.15. The van der Waals surface area contributed by atoms with Gasteiger partial charge in [-0.1, -0.05) is 41.9 Å². The number of fused-ring (bicyclic) bond motifs is 1. The number of unbranched alkanes of at least 4 members (excludes halogenated alkanes) is 1. The van der Waals surface area contributed by atoms with Gasteiger partial charge in [-0.25, -0.2) is 14.6 Å². The first kappa shape index (κ1) is 40.6. The monoisotopic (exact) mass is 788 g/mol. The lowest BCUT2D eigenvalue weighted by Gasteiger charge is -2.23. The molecule has 5 amide bonds. The molecular formula is C39H41ClN6O10. The molecule has 1 aromatic heterocycles. The summed E-state index contributed by atoms with van der Waals surface area (Å²) in [6.07, 6.45) is 1.45. The molecule has 5 rings (SSSR count). The molecule has 0 radical (unpaired) electrons. The van der Waals surface area contributed by atoms with Crippen LogP contribution in [0.5, 0.6) is 17.2 Å². The van der Waals surface area contributed by atoms with Gasteiger partial charge in [0.1, 0.15) is 24.2 Å². The summed E-state index contributed by atoms with van der Waals surface area (Å²) >= 11 is 6.12. The van der Waals surface area contributed by atoms with Crippen LogP contribution in [-0.2, 0) is 25.7 Å². The Morgan fingerprint density at radius 2 is 1.70 bits per heavy atom. The third-order valence-electron chi connectivity index (χ3n) is 8.37. The Labute approximate surface area is 327 Å². The van der Waals surface area contributed by atoms with Gasteiger partial charge in [-0.2, -0.15) is 0 Å². The summed E-state index contributed by atoms with van der Waals surface area (Å²) in [5.41, 5.74) is 2.39. The van der Waals surface area contributed by atoms with E-state index in [1.54, 1.807) is 79.0 Å². The van der Waals surface area contributed by atoms with Gasteiger partial charge in [-0.3, -0.25) is 19.7 Å². The topological polar surface area (TPSA) is 216 Å². The minimum Gasteiger partial charge on any atom is -0.484 e. The predicted molar refractivity (Wildman–Crippen MR) is 205 cm³/mol. The molecule has 17 heteroatoms. The zero-order valence-corrected chi connectivity index (χ0v) is 31.1. The van der Waals surface area contributed by atoms with Crippen molar-refractivity contribution in [2.75, 3.05) is 30.6 Å². The number of aromatic nitrogens is 1. The normalized spacial score (nSPS) is 12.4. The molecule has 0 saturated heterocycles. The number of urea groups is 1. The smallest absolute Gasteiger partial charge is 0.407 e. The number of pyridine rings is 1. The van der Waals surface area contributed by atoms with Crippen LogP contribution < -0.4 is 40.8 Å². The number of amides is 5. The number of carbonyl (C=O) groups is 5. The van der Waals surface area contributed by atoms with Crippen molar-refractivity contribution in [2.24, 2.45) is 0 Å². The Bertz CT molecular complexity index is 2010. The van der Waals surface area contributed by atoms with Gasteiger partial charge < -0.3 is 45.3 Å². The molecule has 2 heterocycles. The highest BCUT2D eigenvalue weighted by Crippen LogP contribution is 2.35. The van der Waals surface area contributed by atoms with Crippen molar-refractivity contribution in [3.05, 3.63) is 107 Å². The van der Waals surface area contributed by atoms with Crippen molar-refractivity contribution in [2.45, 2.75) is 51.3 Å². The molecule has 4 aromatic rings. The van der Waals surface area contributed by atoms with E-state index in [1.165, 1.54) is 0 Å². The highest BCUT2D eigenvalue weighted by molar-refractivity contribution is 6.31. The van der Waals surface area contributed by atoms with Gasteiger partial charge in [-0.05, 0) is 85.8 Å². The number of benzene rings is 3. The molecule has 3 aromatic carbocycles. The second kappa shape index (κ2) is 20.2. The zero-order chi connectivity index (χ0) is 39.9. The van der Waals surface area contributed by atoms with E-state index in [2.05, 4.69) is 31.6 Å². The lowest BCUT2D eigenvalue weighted by atomic mass is 10.0. The SMILES string of the molecule is Cc1cccnc1NC(=O)Nc1ccc(OCC(=O)NC(CCCCNC(=O)OCc2ccccc2Cl)C(=O)NC(CC(=O)O)c2ccc3c(c2)OCO3)cc1. The Hall–Kier alpha value is -6.55. The van der Waals surface area contributed by atoms with Gasteiger partial charge in [0.2, 0.25) is 12.7 Å². The second-order valence-electron chi connectivity index (χ2n) is 12.5. The van der Waals surface area contributed by atoms with Crippen LogP contribution in [0.2, 0.25) is 5.02 Å². The molecule has 0 fully saturated rings. The van der Waals surface area contributed by atoms with Crippen molar-refractivity contribution in [1.82, 2.24) is 20.9 Å². The largest absolute Gasteiger partial charge is 0.484 e. The van der Waals surface area contributed by atoms with Crippen LogP contribution in [0.4, 0.5) is 21.1 Å². The third kappa shape index (κ3) is 12.5. The van der Waals surface area contributed by atoms with E-state index in [9.17, 15) is 29.1 Å². The molecule has 0 saturated carbocycles. The highest BCUT2D eigenvalue weighted by Gasteiger charge is 2.27. The van der Waals surface area contributed by atoms with Crippen molar-refractivity contribution in [3.8, 4) is 17.2 Å². The number of nitrogens with one attached hydrogen (secondary N) is 5. The van der Waals surface area contributed by atoms with E-state index in [4.69, 9.17) is 30.5 Å². The van der Waals surface area contributed by atoms with E-state index in [-0.39, 0.29) is 26.4 Å². The molecule has 56 heavy (non-hydrogen) atoms. The summed E-state index contributed by atoms with van der Waals surface area (Å²) in [6, 6.07) is 19.2. The van der Waals surface area contributed by atoms with E-state index in [0.29, 0.717) is 57.7 Å². The van der Waals surface area contributed by atoms with E-state index < -0.39 is 55.0 Å². The van der Waals surface area contributed by atoms with Crippen molar-refractivity contribution in [3.63, 3.8) is 0 Å². The van der Waals surface area contributed by atoms with E-state index in [1.807, 2.05) is 13.0 Å². The van der Waals surface area contributed by atoms with Gasteiger partial charge in [-0.15, -0.1) is 0 Å². The molecule has 294 valence electrons. The first-order chi connectivity index (χ1) is 27.0. The van der Waals surface area contributed by atoms with Gasteiger partial charge in [0.25, 0.3) is 5.91 Å². The molecule has 1 aliphatic rings. The van der Waals surface area contributed by atoms with Crippen molar-refractivity contribution >= 4 is 53.0 Å².